The van der Waals surface area contributed by atoms with Crippen molar-refractivity contribution in [1.82, 2.24) is 0 Å². The number of benzene rings is 1. The number of carboxylic acids is 1. The van der Waals surface area contributed by atoms with Crippen molar-refractivity contribution in [1.29, 1.82) is 0 Å². The second-order valence-corrected chi connectivity index (χ2v) is 5.04. The number of carbonyl (C=O) groups is 1. The topological polar surface area (TPSA) is 118 Å². The smallest absolute Gasteiger partial charge is 0.344 e. The summed E-state index contributed by atoms with van der Waals surface area (Å²) in [6.07, 6.45) is 0. The number of alkyl halides is 2. The molecule has 6 nitrogen and oxygen atoms in total. The summed E-state index contributed by atoms with van der Waals surface area (Å²) in [5.74, 6) is -2.79. The van der Waals surface area contributed by atoms with E-state index in [0.717, 1.165) is 6.07 Å². The Morgan fingerprint density at radius 2 is 1.52 bits per heavy atom. The van der Waals surface area contributed by atoms with Gasteiger partial charge in [0.25, 0.3) is 0 Å². The second kappa shape index (κ2) is 5.64. The van der Waals surface area contributed by atoms with E-state index in [4.69, 9.17) is 25.5 Å². The molecule has 5 N–H and O–H groups in total. The molecule has 21 heavy (non-hydrogen) atoms. The zero-order chi connectivity index (χ0) is 16.6. The minimum Gasteiger partial charge on any atom is -0.481 e. The Labute approximate surface area is 118 Å². The lowest BCUT2D eigenvalue weighted by Crippen LogP contribution is -2.28. The molecule has 1 unspecified atom stereocenters. The minimum absolute atomic E-state index is 0.0365. The number of aliphatic carboxylic acids is 1. The summed E-state index contributed by atoms with van der Waals surface area (Å²) in [6.45, 7) is 3.15. The van der Waals surface area contributed by atoms with Crippen LogP contribution >= 0.6 is 0 Å². The summed E-state index contributed by atoms with van der Waals surface area (Å²) in [5.41, 5.74) is -2.35. The molecule has 118 valence electrons. The number of carboxylic acid groups (broad SMARTS) is 1. The van der Waals surface area contributed by atoms with Crippen LogP contribution in [0.25, 0.3) is 0 Å². The minimum atomic E-state index is -4.06. The summed E-state index contributed by atoms with van der Waals surface area (Å²) in [5, 5.41) is 44.8. The Hall–Kier alpha value is -1.61. The molecule has 0 amide bonds. The molecule has 1 rings (SSSR count). The molecule has 0 bridgehead atoms. The fourth-order valence-electron chi connectivity index (χ4n) is 2.11. The molecule has 0 spiro atoms. The van der Waals surface area contributed by atoms with E-state index in [0.29, 0.717) is 12.1 Å². The molecule has 0 aromatic heterocycles. The van der Waals surface area contributed by atoms with Gasteiger partial charge in [-0.05, 0) is 23.6 Å². The van der Waals surface area contributed by atoms with Crippen LogP contribution in [-0.4, -0.2) is 31.5 Å². The van der Waals surface area contributed by atoms with Gasteiger partial charge in [0, 0.05) is 0 Å². The van der Waals surface area contributed by atoms with E-state index >= 15 is 0 Å². The van der Waals surface area contributed by atoms with Gasteiger partial charge in [-0.2, -0.15) is 8.78 Å². The van der Waals surface area contributed by atoms with Gasteiger partial charge in [0.1, 0.15) is 0 Å². The highest BCUT2D eigenvalue weighted by Gasteiger charge is 2.38. The predicted molar refractivity (Wildman–Crippen MR) is 66.1 cm³/mol. The molecule has 0 fully saturated rings. The quantitative estimate of drug-likeness (QED) is 0.509. The van der Waals surface area contributed by atoms with E-state index in [9.17, 15) is 13.6 Å². The monoisotopic (exact) mass is 306 g/mol. The third-order valence-electron chi connectivity index (χ3n) is 3.02. The lowest BCUT2D eigenvalue weighted by molar-refractivity contribution is -0.290. The molecule has 0 heterocycles. The molecule has 0 aliphatic heterocycles. The number of rotatable bonds is 5. The third kappa shape index (κ3) is 3.94. The van der Waals surface area contributed by atoms with Crippen LogP contribution < -0.4 is 0 Å². The second-order valence-electron chi connectivity index (χ2n) is 5.04. The first-order chi connectivity index (χ1) is 9.35. The summed E-state index contributed by atoms with van der Waals surface area (Å²) in [7, 11) is 0. The van der Waals surface area contributed by atoms with Crippen molar-refractivity contribution in [2.45, 2.75) is 31.8 Å². The van der Waals surface area contributed by atoms with E-state index in [-0.39, 0.29) is 5.56 Å². The molecule has 1 aromatic carbocycles. The Kier molecular flexibility index (Phi) is 4.69. The van der Waals surface area contributed by atoms with E-state index in [2.05, 4.69) is 0 Å². The molecule has 0 radical (unpaired) electrons. The van der Waals surface area contributed by atoms with Gasteiger partial charge in [0.2, 0.25) is 0 Å². The first-order valence-electron chi connectivity index (χ1n) is 6.00. The molecular formula is C13H16F2O6. The fraction of sp³-hybridized carbons (Fsp3) is 0.462. The van der Waals surface area contributed by atoms with E-state index in [1.807, 2.05) is 0 Å². The van der Waals surface area contributed by atoms with Gasteiger partial charge in [-0.15, -0.1) is 0 Å². The highest BCUT2D eigenvalue weighted by molar-refractivity contribution is 5.76. The molecule has 0 saturated carbocycles. The standard InChI is InChI=1S/C13H16F2O6/c1-6(2)10(11(16)17)7-3-4-8(12(14,18)19)9(5-7)13(15,20)21/h3-6,10,18-21H,1-2H3,(H,16,17). The summed E-state index contributed by atoms with van der Waals surface area (Å²) in [6, 6.07) is -5.66. The number of hydrogen-bond donors (Lipinski definition) is 5. The highest BCUT2D eigenvalue weighted by atomic mass is 19.2. The van der Waals surface area contributed by atoms with Crippen LogP contribution in [0.1, 0.15) is 36.5 Å². The fourth-order valence-corrected chi connectivity index (χ4v) is 2.11. The maximum atomic E-state index is 13.3. The molecule has 1 atom stereocenters. The maximum absolute atomic E-state index is 13.3. The Morgan fingerprint density at radius 3 is 1.86 bits per heavy atom. The number of hydrogen-bond acceptors (Lipinski definition) is 5. The SMILES string of the molecule is CC(C)C(C(=O)O)c1ccc(C(O)(O)F)c(C(O)(O)F)c1. The summed E-state index contributed by atoms with van der Waals surface area (Å²) in [4.78, 5) is 11.2. The van der Waals surface area contributed by atoms with E-state index < -0.39 is 41.0 Å². The highest BCUT2D eigenvalue weighted by Crippen LogP contribution is 2.35. The molecule has 0 saturated heterocycles. The van der Waals surface area contributed by atoms with Gasteiger partial charge >= 0.3 is 18.1 Å². The average molecular weight is 306 g/mol. The molecule has 1 aromatic rings. The lowest BCUT2D eigenvalue weighted by atomic mass is 9.86. The van der Waals surface area contributed by atoms with Crippen molar-refractivity contribution < 1.29 is 39.1 Å². The van der Waals surface area contributed by atoms with Crippen LogP contribution in [0.2, 0.25) is 0 Å². The van der Waals surface area contributed by atoms with Gasteiger partial charge in [0.15, 0.2) is 0 Å². The van der Waals surface area contributed by atoms with Crippen LogP contribution in [0.15, 0.2) is 18.2 Å². The van der Waals surface area contributed by atoms with Crippen molar-refractivity contribution in [2.75, 3.05) is 0 Å². The lowest BCUT2D eigenvalue weighted by Gasteiger charge is -2.24. The van der Waals surface area contributed by atoms with Gasteiger partial charge in [-0.25, -0.2) is 0 Å². The zero-order valence-electron chi connectivity index (χ0n) is 11.3. The third-order valence-corrected chi connectivity index (χ3v) is 3.02. The van der Waals surface area contributed by atoms with Gasteiger partial charge in [-0.1, -0.05) is 19.9 Å². The maximum Gasteiger partial charge on any atom is 0.344 e. The Bertz CT molecular complexity index is 530. The van der Waals surface area contributed by atoms with Crippen LogP contribution in [0.4, 0.5) is 8.78 Å². The summed E-state index contributed by atoms with van der Waals surface area (Å²) < 4.78 is 26.5. The first-order valence-corrected chi connectivity index (χ1v) is 6.00. The van der Waals surface area contributed by atoms with Crippen LogP contribution in [-0.2, 0) is 16.9 Å². The molecular weight excluding hydrogens is 290 g/mol. The van der Waals surface area contributed by atoms with Gasteiger partial charge in [-0.3, -0.25) is 4.79 Å². The molecule has 8 heteroatoms. The Balaban J connectivity index is 3.52. The number of halogens is 2. The largest absolute Gasteiger partial charge is 0.481 e. The van der Waals surface area contributed by atoms with Gasteiger partial charge < -0.3 is 25.5 Å². The molecule has 0 aliphatic carbocycles. The molecule has 0 aliphatic rings. The number of aliphatic hydroxyl groups is 4. The Morgan fingerprint density at radius 1 is 1.05 bits per heavy atom. The first kappa shape index (κ1) is 17.4. The van der Waals surface area contributed by atoms with Crippen LogP contribution in [0.3, 0.4) is 0 Å². The van der Waals surface area contributed by atoms with E-state index in [1.54, 1.807) is 13.8 Å². The summed E-state index contributed by atoms with van der Waals surface area (Å²) >= 11 is 0. The van der Waals surface area contributed by atoms with Crippen molar-refractivity contribution in [3.05, 3.63) is 34.9 Å². The average Bonchev–Trinajstić information content (AvgIpc) is 2.25. The normalized spacial score (nSPS) is 14.3. The van der Waals surface area contributed by atoms with Crippen molar-refractivity contribution in [3.8, 4) is 0 Å². The van der Waals surface area contributed by atoms with Crippen molar-refractivity contribution in [2.24, 2.45) is 5.92 Å². The predicted octanol–water partition coefficient (Wildman–Crippen LogP) is 0.640. The van der Waals surface area contributed by atoms with Crippen molar-refractivity contribution in [3.63, 3.8) is 0 Å². The zero-order valence-corrected chi connectivity index (χ0v) is 11.3. The van der Waals surface area contributed by atoms with Crippen LogP contribution in [0, 0.1) is 5.92 Å². The van der Waals surface area contributed by atoms with Crippen molar-refractivity contribution >= 4 is 5.97 Å². The van der Waals surface area contributed by atoms with Crippen LogP contribution in [0.5, 0.6) is 0 Å². The van der Waals surface area contributed by atoms with E-state index in [1.165, 1.54) is 0 Å². The van der Waals surface area contributed by atoms with Gasteiger partial charge in [0.05, 0.1) is 17.0 Å².